The Bertz CT molecular complexity index is 916. The van der Waals surface area contributed by atoms with E-state index in [0.29, 0.717) is 23.0 Å². The number of hydrogen-bond acceptors (Lipinski definition) is 3. The first-order chi connectivity index (χ1) is 12.9. The highest BCUT2D eigenvalue weighted by Crippen LogP contribution is 2.64. The van der Waals surface area contributed by atoms with Crippen molar-refractivity contribution in [3.05, 3.63) is 40.9 Å². The van der Waals surface area contributed by atoms with E-state index in [1.807, 2.05) is 4.68 Å². The van der Waals surface area contributed by atoms with E-state index < -0.39 is 17.0 Å². The van der Waals surface area contributed by atoms with E-state index >= 15 is 0 Å². The van der Waals surface area contributed by atoms with Crippen molar-refractivity contribution in [2.45, 2.75) is 44.1 Å². The van der Waals surface area contributed by atoms with Gasteiger partial charge in [0.05, 0.1) is 16.6 Å². The third-order valence-electron chi connectivity index (χ3n) is 6.64. The van der Waals surface area contributed by atoms with Crippen molar-refractivity contribution in [1.29, 1.82) is 0 Å². The number of carbonyl (C=O) groups is 1. The van der Waals surface area contributed by atoms with Gasteiger partial charge < -0.3 is 5.32 Å². The quantitative estimate of drug-likeness (QED) is 0.781. The van der Waals surface area contributed by atoms with Crippen LogP contribution in [0.25, 0.3) is 0 Å². The van der Waals surface area contributed by atoms with Crippen LogP contribution in [0.2, 0.25) is 0 Å². The topological polar surface area (TPSA) is 59.8 Å². The number of nitrogens with zero attached hydrogens (tertiary/aromatic N) is 3. The van der Waals surface area contributed by atoms with E-state index in [1.54, 1.807) is 6.33 Å². The molecule has 5 nitrogen and oxygen atoms in total. The Morgan fingerprint density at radius 1 is 1.22 bits per heavy atom. The smallest absolute Gasteiger partial charge is 0.230 e. The maximum Gasteiger partial charge on any atom is 0.230 e. The van der Waals surface area contributed by atoms with Crippen LogP contribution in [0.15, 0.2) is 29.3 Å². The number of anilines is 1. The molecule has 0 radical (unpaired) electrons. The van der Waals surface area contributed by atoms with Gasteiger partial charge in [-0.2, -0.15) is 0 Å². The monoisotopic (exact) mass is 436 g/mol. The molecule has 4 bridgehead atoms. The zero-order chi connectivity index (χ0) is 18.8. The van der Waals surface area contributed by atoms with Crippen molar-refractivity contribution in [2.24, 2.45) is 17.3 Å². The fourth-order valence-corrected chi connectivity index (χ4v) is 6.33. The van der Waals surface area contributed by atoms with Crippen LogP contribution in [0.5, 0.6) is 0 Å². The molecular weight excluding hydrogens is 418 g/mol. The van der Waals surface area contributed by atoms with Crippen molar-refractivity contribution in [3.8, 4) is 0 Å². The van der Waals surface area contributed by atoms with Gasteiger partial charge in [-0.3, -0.25) is 4.79 Å². The number of carbonyl (C=O) groups excluding carboxylic acids is 1. The lowest BCUT2D eigenvalue weighted by atomic mass is 9.46. The first-order valence-electron chi connectivity index (χ1n) is 9.22. The molecule has 4 aliphatic rings. The maximum absolute atomic E-state index is 14.0. The van der Waals surface area contributed by atoms with Crippen LogP contribution < -0.4 is 5.32 Å². The van der Waals surface area contributed by atoms with Gasteiger partial charge in [0.15, 0.2) is 0 Å². The van der Waals surface area contributed by atoms with Crippen molar-refractivity contribution in [1.82, 2.24) is 14.8 Å². The van der Waals surface area contributed by atoms with E-state index in [4.69, 9.17) is 0 Å². The normalized spacial score (nSPS) is 34.0. The van der Waals surface area contributed by atoms with E-state index in [2.05, 4.69) is 31.3 Å². The Balaban J connectivity index is 1.48. The number of nitrogens with one attached hydrogen (secondary N) is 1. The summed E-state index contributed by atoms with van der Waals surface area (Å²) in [5.41, 5.74) is -0.879. The lowest BCUT2D eigenvalue weighted by Gasteiger charge is -2.60. The predicted octanol–water partition coefficient (Wildman–Crippen LogP) is 4.25. The Morgan fingerprint density at radius 2 is 1.96 bits per heavy atom. The van der Waals surface area contributed by atoms with Gasteiger partial charge in [-0.25, -0.2) is 18.4 Å². The Hall–Kier alpha value is -1.83. The van der Waals surface area contributed by atoms with E-state index in [0.717, 1.165) is 50.3 Å². The molecule has 4 saturated carbocycles. The molecule has 1 N–H and O–H groups in total. The predicted molar refractivity (Wildman–Crippen MR) is 97.8 cm³/mol. The SMILES string of the molecule is O=C(Nc1cc(F)ccc1F)C12C[C@H]3C[C@H](C1)CC(n1cnc(Br)n1)(C3)C2. The maximum atomic E-state index is 14.0. The molecule has 8 heteroatoms. The van der Waals surface area contributed by atoms with Crippen LogP contribution in [0.4, 0.5) is 14.5 Å². The fourth-order valence-electron chi connectivity index (χ4n) is 6.07. The van der Waals surface area contributed by atoms with Crippen LogP contribution in [-0.4, -0.2) is 20.7 Å². The Kier molecular flexibility index (Phi) is 3.73. The summed E-state index contributed by atoms with van der Waals surface area (Å²) < 4.78 is 30.0. The second kappa shape index (κ2) is 5.83. The molecule has 0 spiro atoms. The van der Waals surface area contributed by atoms with Crippen molar-refractivity contribution < 1.29 is 13.6 Å². The molecule has 4 aliphatic carbocycles. The molecule has 6 rings (SSSR count). The van der Waals surface area contributed by atoms with E-state index in [1.165, 1.54) is 0 Å². The number of amides is 1. The molecule has 1 amide bonds. The van der Waals surface area contributed by atoms with Gasteiger partial charge in [0.25, 0.3) is 0 Å². The minimum atomic E-state index is -0.621. The average Bonchev–Trinajstić information content (AvgIpc) is 3.04. The zero-order valence-corrected chi connectivity index (χ0v) is 16.2. The molecule has 27 heavy (non-hydrogen) atoms. The van der Waals surface area contributed by atoms with Gasteiger partial charge >= 0.3 is 0 Å². The number of aromatic nitrogens is 3. The van der Waals surface area contributed by atoms with E-state index in [9.17, 15) is 13.6 Å². The third-order valence-corrected chi connectivity index (χ3v) is 7.00. The zero-order valence-electron chi connectivity index (χ0n) is 14.6. The molecule has 2 atom stereocenters. The number of rotatable bonds is 3. The Labute approximate surface area is 163 Å². The lowest BCUT2D eigenvalue weighted by Crippen LogP contribution is -2.60. The van der Waals surface area contributed by atoms with Crippen molar-refractivity contribution in [2.75, 3.05) is 5.32 Å². The molecule has 1 aromatic carbocycles. The van der Waals surface area contributed by atoms with Crippen LogP contribution in [0.3, 0.4) is 0 Å². The van der Waals surface area contributed by atoms with Gasteiger partial charge in [-0.05, 0) is 78.4 Å². The molecule has 4 fully saturated rings. The van der Waals surface area contributed by atoms with Crippen LogP contribution in [-0.2, 0) is 10.3 Å². The Morgan fingerprint density at radius 3 is 2.63 bits per heavy atom. The number of halogens is 3. The highest BCUT2D eigenvalue weighted by atomic mass is 79.9. The van der Waals surface area contributed by atoms with Crippen LogP contribution in [0.1, 0.15) is 38.5 Å². The summed E-state index contributed by atoms with van der Waals surface area (Å²) in [6.45, 7) is 0. The fraction of sp³-hybridized carbons (Fsp3) is 0.526. The molecular formula is C19H19BrF2N4O. The summed E-state index contributed by atoms with van der Waals surface area (Å²) >= 11 is 3.31. The highest BCUT2D eigenvalue weighted by Gasteiger charge is 2.61. The second-order valence-electron chi connectivity index (χ2n) is 8.50. The molecule has 2 aromatic rings. The minimum Gasteiger partial charge on any atom is -0.323 e. The molecule has 0 aliphatic heterocycles. The van der Waals surface area contributed by atoms with Crippen molar-refractivity contribution in [3.63, 3.8) is 0 Å². The van der Waals surface area contributed by atoms with E-state index in [-0.39, 0.29) is 17.1 Å². The van der Waals surface area contributed by atoms with Gasteiger partial charge in [-0.1, -0.05) is 0 Å². The number of benzene rings is 1. The standard InChI is InChI=1S/C19H19BrF2N4O/c20-17-23-10-26(25-17)19-7-11-3-12(8-19)6-18(5-11,9-19)16(27)24-15-4-13(21)1-2-14(15)22/h1-2,4,10-12H,3,5-9H2,(H,24,27)/t11-,12-,18?,19?/m1/s1. The second-order valence-corrected chi connectivity index (χ2v) is 9.21. The molecule has 0 saturated heterocycles. The largest absolute Gasteiger partial charge is 0.323 e. The summed E-state index contributed by atoms with van der Waals surface area (Å²) in [6.07, 6.45) is 7.08. The lowest BCUT2D eigenvalue weighted by molar-refractivity contribution is -0.150. The van der Waals surface area contributed by atoms with Crippen molar-refractivity contribution >= 4 is 27.5 Å². The first-order valence-corrected chi connectivity index (χ1v) is 10.0. The van der Waals surface area contributed by atoms with Gasteiger partial charge in [0.1, 0.15) is 18.0 Å². The van der Waals surface area contributed by atoms with Gasteiger partial charge in [-0.15, -0.1) is 5.10 Å². The summed E-state index contributed by atoms with van der Waals surface area (Å²) in [5.74, 6) is -0.509. The highest BCUT2D eigenvalue weighted by molar-refractivity contribution is 9.10. The summed E-state index contributed by atoms with van der Waals surface area (Å²) in [4.78, 5) is 17.5. The molecule has 0 unspecified atom stereocenters. The van der Waals surface area contributed by atoms with Gasteiger partial charge in [0, 0.05) is 6.07 Å². The minimum absolute atomic E-state index is 0.0895. The average molecular weight is 437 g/mol. The molecule has 1 aromatic heterocycles. The molecule has 142 valence electrons. The summed E-state index contributed by atoms with van der Waals surface area (Å²) in [7, 11) is 0. The third kappa shape index (κ3) is 2.71. The summed E-state index contributed by atoms with van der Waals surface area (Å²) in [5, 5.41) is 7.16. The molecule has 1 heterocycles. The summed E-state index contributed by atoms with van der Waals surface area (Å²) in [6, 6.07) is 3.13. The first kappa shape index (κ1) is 17.3. The van der Waals surface area contributed by atoms with Crippen LogP contribution >= 0.6 is 15.9 Å². The number of hydrogen-bond donors (Lipinski definition) is 1. The van der Waals surface area contributed by atoms with Gasteiger partial charge in [0.2, 0.25) is 10.6 Å². The van der Waals surface area contributed by atoms with Crippen LogP contribution in [0, 0.1) is 28.9 Å².